The highest BCUT2D eigenvalue weighted by Gasteiger charge is 2.63. The summed E-state index contributed by atoms with van der Waals surface area (Å²) in [6.45, 7) is 7.49. The molecule has 0 N–H and O–H groups in total. The molecule has 0 radical (unpaired) electrons. The van der Waals surface area contributed by atoms with Crippen molar-refractivity contribution < 1.29 is 4.79 Å². The Balaban J connectivity index is 1.59. The van der Waals surface area contributed by atoms with Gasteiger partial charge in [0, 0.05) is 49.2 Å². The van der Waals surface area contributed by atoms with Gasteiger partial charge in [-0.05, 0) is 44.0 Å². The maximum Gasteiger partial charge on any atom is 0.254 e. The minimum Gasteiger partial charge on any atom is -0.338 e. The summed E-state index contributed by atoms with van der Waals surface area (Å²) in [5, 5.41) is 0. The third-order valence-electron chi connectivity index (χ3n) is 5.96. The SMILES string of the molecule is CN(C)C[C@@]12CN(C(=O)c3ccn4ccnc4c3)C[C@@H]1C(C)(C)C2. The van der Waals surface area contributed by atoms with Crippen molar-refractivity contribution in [3.05, 3.63) is 36.3 Å². The minimum atomic E-state index is 0.142. The summed E-state index contributed by atoms with van der Waals surface area (Å²) in [6, 6.07) is 3.80. The number of pyridine rings is 1. The molecule has 2 aliphatic rings. The number of carbonyl (C=O) groups is 1. The highest BCUT2D eigenvalue weighted by atomic mass is 16.2. The first kappa shape index (κ1) is 15.6. The molecule has 0 aromatic carbocycles. The Bertz CT molecular complexity index is 790. The van der Waals surface area contributed by atoms with Crippen molar-refractivity contribution >= 4 is 11.6 Å². The summed E-state index contributed by atoms with van der Waals surface area (Å²) in [7, 11) is 4.27. The molecule has 0 unspecified atom stereocenters. The summed E-state index contributed by atoms with van der Waals surface area (Å²) >= 11 is 0. The van der Waals surface area contributed by atoms with Crippen LogP contribution in [-0.2, 0) is 0 Å². The third kappa shape index (κ3) is 2.25. The lowest BCUT2D eigenvalue weighted by Gasteiger charge is -2.57. The maximum atomic E-state index is 13.0. The predicted molar refractivity (Wildman–Crippen MR) is 94.0 cm³/mol. The summed E-state index contributed by atoms with van der Waals surface area (Å²) in [4.78, 5) is 21.7. The van der Waals surface area contributed by atoms with Crippen molar-refractivity contribution in [2.24, 2.45) is 16.7 Å². The zero-order valence-electron chi connectivity index (χ0n) is 15.0. The number of fused-ring (bicyclic) bond motifs is 2. The van der Waals surface area contributed by atoms with Crippen LogP contribution in [-0.4, -0.2) is 58.8 Å². The molecule has 2 fully saturated rings. The molecule has 1 saturated heterocycles. The van der Waals surface area contributed by atoms with Crippen LogP contribution in [0.15, 0.2) is 30.7 Å². The Morgan fingerprint density at radius 2 is 2.17 bits per heavy atom. The van der Waals surface area contributed by atoms with Gasteiger partial charge in [0.1, 0.15) is 5.65 Å². The number of amides is 1. The molecule has 128 valence electrons. The standard InChI is InChI=1S/C19H26N4O/c1-18(2)11-19(12-21(3)4)13-23(10-15(18)19)17(24)14-5-7-22-8-6-20-16(22)9-14/h5-9,15H,10-13H2,1-4H3/t15-,19+/m1/s1. The van der Waals surface area contributed by atoms with Gasteiger partial charge in [-0.25, -0.2) is 4.98 Å². The second kappa shape index (κ2) is 5.06. The third-order valence-corrected chi connectivity index (χ3v) is 5.96. The summed E-state index contributed by atoms with van der Waals surface area (Å²) in [6.07, 6.45) is 6.77. The molecule has 5 nitrogen and oxygen atoms in total. The van der Waals surface area contributed by atoms with Gasteiger partial charge in [-0.2, -0.15) is 0 Å². The van der Waals surface area contributed by atoms with Crippen molar-refractivity contribution in [1.29, 1.82) is 0 Å². The lowest BCUT2D eigenvalue weighted by Crippen LogP contribution is -2.57. The molecule has 24 heavy (non-hydrogen) atoms. The Hall–Kier alpha value is -1.88. The Labute approximate surface area is 143 Å². The Morgan fingerprint density at radius 1 is 1.38 bits per heavy atom. The fourth-order valence-corrected chi connectivity index (χ4v) is 5.35. The van der Waals surface area contributed by atoms with E-state index in [-0.39, 0.29) is 11.3 Å². The van der Waals surface area contributed by atoms with Gasteiger partial charge in [0.15, 0.2) is 0 Å². The smallest absolute Gasteiger partial charge is 0.254 e. The molecular formula is C19H26N4O. The maximum absolute atomic E-state index is 13.0. The lowest BCUT2D eigenvalue weighted by molar-refractivity contribution is -0.0789. The topological polar surface area (TPSA) is 40.9 Å². The molecule has 2 aromatic heterocycles. The minimum absolute atomic E-state index is 0.142. The first-order valence-corrected chi connectivity index (χ1v) is 8.68. The number of hydrogen-bond acceptors (Lipinski definition) is 3. The van der Waals surface area contributed by atoms with Crippen molar-refractivity contribution in [3.63, 3.8) is 0 Å². The average molecular weight is 326 g/mol. The van der Waals surface area contributed by atoms with Gasteiger partial charge in [0.25, 0.3) is 5.91 Å². The zero-order valence-corrected chi connectivity index (χ0v) is 15.0. The van der Waals surface area contributed by atoms with E-state index in [1.807, 2.05) is 28.9 Å². The zero-order chi connectivity index (χ0) is 17.1. The van der Waals surface area contributed by atoms with Crippen LogP contribution in [0.25, 0.3) is 5.65 Å². The largest absolute Gasteiger partial charge is 0.338 e. The summed E-state index contributed by atoms with van der Waals surface area (Å²) < 4.78 is 1.93. The van der Waals surface area contributed by atoms with Gasteiger partial charge in [-0.3, -0.25) is 4.79 Å². The number of rotatable bonds is 3. The number of nitrogens with zero attached hydrogens (tertiary/aromatic N) is 4. The summed E-state index contributed by atoms with van der Waals surface area (Å²) in [5.74, 6) is 0.732. The van der Waals surface area contributed by atoms with Crippen LogP contribution in [0.4, 0.5) is 0 Å². The monoisotopic (exact) mass is 326 g/mol. The molecule has 1 aliphatic heterocycles. The van der Waals surface area contributed by atoms with E-state index in [0.29, 0.717) is 11.3 Å². The molecule has 5 heteroatoms. The molecule has 3 heterocycles. The fourth-order valence-electron chi connectivity index (χ4n) is 5.35. The quantitative estimate of drug-likeness (QED) is 0.869. The van der Waals surface area contributed by atoms with Crippen LogP contribution in [0.3, 0.4) is 0 Å². The van der Waals surface area contributed by atoms with Gasteiger partial charge in [0.05, 0.1) is 0 Å². The van der Waals surface area contributed by atoms with Crippen LogP contribution in [0.2, 0.25) is 0 Å². The number of imidazole rings is 1. The fraction of sp³-hybridized carbons (Fsp3) is 0.579. The van der Waals surface area contributed by atoms with Crippen molar-refractivity contribution in [2.45, 2.75) is 20.3 Å². The van der Waals surface area contributed by atoms with Gasteiger partial charge in [-0.1, -0.05) is 13.8 Å². The van der Waals surface area contributed by atoms with E-state index >= 15 is 0 Å². The van der Waals surface area contributed by atoms with E-state index in [1.54, 1.807) is 6.20 Å². The van der Waals surface area contributed by atoms with E-state index in [1.165, 1.54) is 6.42 Å². The lowest BCUT2D eigenvalue weighted by atomic mass is 9.48. The Kier molecular flexibility index (Phi) is 3.29. The number of carbonyl (C=O) groups excluding carboxylic acids is 1. The summed E-state index contributed by atoms with van der Waals surface area (Å²) in [5.41, 5.74) is 2.16. The van der Waals surface area contributed by atoms with E-state index in [4.69, 9.17) is 0 Å². The molecular weight excluding hydrogens is 300 g/mol. The molecule has 2 aromatic rings. The molecule has 1 amide bonds. The van der Waals surface area contributed by atoms with E-state index in [2.05, 4.69) is 42.7 Å². The van der Waals surface area contributed by atoms with Crippen molar-refractivity contribution in [1.82, 2.24) is 19.2 Å². The van der Waals surface area contributed by atoms with Crippen molar-refractivity contribution in [2.75, 3.05) is 33.7 Å². The molecule has 4 rings (SSSR count). The van der Waals surface area contributed by atoms with Gasteiger partial charge < -0.3 is 14.2 Å². The van der Waals surface area contributed by atoms with E-state index < -0.39 is 0 Å². The molecule has 1 saturated carbocycles. The second-order valence-electron chi connectivity index (χ2n) is 8.61. The molecule has 0 bridgehead atoms. The van der Waals surface area contributed by atoms with Crippen LogP contribution in [0.1, 0.15) is 30.6 Å². The number of hydrogen-bond donors (Lipinski definition) is 0. The number of aromatic nitrogens is 2. The average Bonchev–Trinajstić information content (AvgIpc) is 3.07. The molecule has 0 spiro atoms. The van der Waals surface area contributed by atoms with Gasteiger partial charge in [-0.15, -0.1) is 0 Å². The normalized spacial score (nSPS) is 28.2. The first-order valence-electron chi connectivity index (χ1n) is 8.68. The first-order chi connectivity index (χ1) is 11.3. The molecule has 1 aliphatic carbocycles. The van der Waals surface area contributed by atoms with E-state index in [9.17, 15) is 4.79 Å². The van der Waals surface area contributed by atoms with E-state index in [0.717, 1.165) is 30.8 Å². The van der Waals surface area contributed by atoms with Gasteiger partial charge in [0.2, 0.25) is 0 Å². The van der Waals surface area contributed by atoms with Crippen LogP contribution < -0.4 is 0 Å². The Morgan fingerprint density at radius 3 is 2.88 bits per heavy atom. The second-order valence-corrected chi connectivity index (χ2v) is 8.61. The highest BCUT2D eigenvalue weighted by molar-refractivity contribution is 5.95. The van der Waals surface area contributed by atoms with Crippen LogP contribution in [0, 0.1) is 16.7 Å². The number of likely N-dealkylation sites (tertiary alicyclic amines) is 1. The van der Waals surface area contributed by atoms with Crippen LogP contribution >= 0.6 is 0 Å². The van der Waals surface area contributed by atoms with Crippen LogP contribution in [0.5, 0.6) is 0 Å². The predicted octanol–water partition coefficient (Wildman–Crippen LogP) is 2.38. The van der Waals surface area contributed by atoms with Crippen molar-refractivity contribution in [3.8, 4) is 0 Å². The molecule has 2 atom stereocenters. The highest BCUT2D eigenvalue weighted by Crippen LogP contribution is 2.62. The van der Waals surface area contributed by atoms with Gasteiger partial charge >= 0.3 is 0 Å².